The minimum Gasteiger partial charge on any atom is -0.480 e. The largest absolute Gasteiger partial charge is 0.480 e. The van der Waals surface area contributed by atoms with Crippen LogP contribution in [0.2, 0.25) is 0 Å². The maximum absolute atomic E-state index is 12.6. The molecule has 0 aliphatic carbocycles. The van der Waals surface area contributed by atoms with Gasteiger partial charge in [-0.3, -0.25) is 9.78 Å². The second kappa shape index (κ2) is 7.67. The van der Waals surface area contributed by atoms with Crippen LogP contribution in [-0.2, 0) is 17.4 Å². The van der Waals surface area contributed by atoms with Gasteiger partial charge in [0.15, 0.2) is 0 Å². The Kier molecular flexibility index (Phi) is 5.30. The predicted molar refractivity (Wildman–Crippen MR) is 95.8 cm³/mol. The van der Waals surface area contributed by atoms with Crippen LogP contribution in [0.5, 0.6) is 0 Å². The van der Waals surface area contributed by atoms with Crippen LogP contribution < -0.4 is 5.32 Å². The summed E-state index contributed by atoms with van der Waals surface area (Å²) < 4.78 is 37.9. The van der Waals surface area contributed by atoms with Crippen LogP contribution >= 0.6 is 0 Å². The van der Waals surface area contributed by atoms with Gasteiger partial charge < -0.3 is 10.4 Å². The number of amides is 1. The zero-order valence-electron chi connectivity index (χ0n) is 14.4. The number of carbonyl (C=O) groups excluding carboxylic acids is 1. The Morgan fingerprint density at radius 2 is 1.71 bits per heavy atom. The number of aromatic nitrogens is 1. The van der Waals surface area contributed by atoms with Crippen LogP contribution in [0.15, 0.2) is 60.8 Å². The van der Waals surface area contributed by atoms with Crippen molar-refractivity contribution in [2.45, 2.75) is 18.6 Å². The highest BCUT2D eigenvalue weighted by Crippen LogP contribution is 2.29. The van der Waals surface area contributed by atoms with E-state index >= 15 is 0 Å². The summed E-state index contributed by atoms with van der Waals surface area (Å²) in [4.78, 5) is 28.3. The summed E-state index contributed by atoms with van der Waals surface area (Å²) >= 11 is 0. The predicted octanol–water partition coefficient (Wildman–Crippen LogP) is 3.68. The summed E-state index contributed by atoms with van der Waals surface area (Å²) in [5, 5.41) is 12.6. The minimum absolute atomic E-state index is 0.155. The first-order valence-corrected chi connectivity index (χ1v) is 8.29. The summed E-state index contributed by atoms with van der Waals surface area (Å²) in [5.74, 6) is -1.91. The molecule has 0 saturated heterocycles. The molecular formula is C20H15F3N2O3. The standard InChI is InChI=1S/C20H15F3N2O3/c21-20(22,23)14-8-6-12(7-9-14)11-16(19(27)28)25-18(26)15-5-1-3-13-4-2-10-24-17(13)15/h1-10,16H,11H2,(H,25,26)(H,27,28)/t16-/m0/s1. The van der Waals surface area contributed by atoms with Crippen molar-refractivity contribution in [3.63, 3.8) is 0 Å². The van der Waals surface area contributed by atoms with Crippen LogP contribution in [0.3, 0.4) is 0 Å². The first-order chi connectivity index (χ1) is 13.3. The molecule has 0 radical (unpaired) electrons. The van der Waals surface area contributed by atoms with Crippen molar-refractivity contribution in [1.29, 1.82) is 0 Å². The average molecular weight is 388 g/mol. The quantitative estimate of drug-likeness (QED) is 0.699. The van der Waals surface area contributed by atoms with E-state index in [1.54, 1.807) is 24.3 Å². The highest BCUT2D eigenvalue weighted by atomic mass is 19.4. The van der Waals surface area contributed by atoms with Gasteiger partial charge in [-0.2, -0.15) is 13.2 Å². The molecule has 1 aromatic heterocycles. The second-order valence-corrected chi connectivity index (χ2v) is 6.14. The number of carboxylic acid groups (broad SMARTS) is 1. The number of aliphatic carboxylic acids is 1. The fraction of sp³-hybridized carbons (Fsp3) is 0.150. The second-order valence-electron chi connectivity index (χ2n) is 6.14. The number of nitrogens with one attached hydrogen (secondary N) is 1. The highest BCUT2D eigenvalue weighted by Gasteiger charge is 2.30. The van der Waals surface area contributed by atoms with E-state index < -0.39 is 29.7 Å². The van der Waals surface area contributed by atoms with Crippen molar-refractivity contribution in [3.05, 3.63) is 77.5 Å². The highest BCUT2D eigenvalue weighted by molar-refractivity contribution is 6.06. The Bertz CT molecular complexity index is 1010. The molecule has 0 fully saturated rings. The van der Waals surface area contributed by atoms with Gasteiger partial charge >= 0.3 is 12.1 Å². The van der Waals surface area contributed by atoms with Crippen molar-refractivity contribution in [3.8, 4) is 0 Å². The van der Waals surface area contributed by atoms with E-state index in [9.17, 15) is 27.9 Å². The first kappa shape index (κ1) is 19.3. The number of nitrogens with zero attached hydrogens (tertiary/aromatic N) is 1. The monoisotopic (exact) mass is 388 g/mol. The molecule has 0 saturated carbocycles. The van der Waals surface area contributed by atoms with Crippen molar-refractivity contribution in [2.75, 3.05) is 0 Å². The SMILES string of the molecule is O=C(N[C@@H](Cc1ccc(C(F)(F)F)cc1)C(=O)O)c1cccc2cccnc12. The van der Waals surface area contributed by atoms with Gasteiger partial charge in [0.2, 0.25) is 0 Å². The molecule has 28 heavy (non-hydrogen) atoms. The van der Waals surface area contributed by atoms with Gasteiger partial charge in [0.25, 0.3) is 5.91 Å². The number of hydrogen-bond donors (Lipinski definition) is 2. The molecule has 0 aliphatic heterocycles. The van der Waals surface area contributed by atoms with Crippen LogP contribution in [0.1, 0.15) is 21.5 Å². The molecule has 1 atom stereocenters. The number of carbonyl (C=O) groups is 2. The Balaban J connectivity index is 1.79. The molecule has 0 unspecified atom stereocenters. The third-order valence-corrected chi connectivity index (χ3v) is 4.20. The molecule has 0 bridgehead atoms. The maximum Gasteiger partial charge on any atom is 0.416 e. The molecular weight excluding hydrogens is 373 g/mol. The lowest BCUT2D eigenvalue weighted by atomic mass is 10.0. The lowest BCUT2D eigenvalue weighted by Crippen LogP contribution is -2.42. The van der Waals surface area contributed by atoms with E-state index in [0.717, 1.165) is 17.5 Å². The molecule has 0 spiro atoms. The van der Waals surface area contributed by atoms with E-state index in [4.69, 9.17) is 0 Å². The maximum atomic E-state index is 12.6. The summed E-state index contributed by atoms with van der Waals surface area (Å²) in [5.41, 5.74) is 0.184. The van der Waals surface area contributed by atoms with Crippen LogP contribution in [0, 0.1) is 0 Å². The molecule has 2 N–H and O–H groups in total. The smallest absolute Gasteiger partial charge is 0.416 e. The van der Waals surface area contributed by atoms with Gasteiger partial charge in [0.1, 0.15) is 6.04 Å². The fourth-order valence-corrected chi connectivity index (χ4v) is 2.79. The molecule has 0 aliphatic rings. The third-order valence-electron chi connectivity index (χ3n) is 4.20. The van der Waals surface area contributed by atoms with Gasteiger partial charge in [0.05, 0.1) is 16.6 Å². The Morgan fingerprint density at radius 3 is 2.36 bits per heavy atom. The minimum atomic E-state index is -4.47. The van der Waals surface area contributed by atoms with Gasteiger partial charge in [-0.1, -0.05) is 30.3 Å². The summed E-state index contributed by atoms with van der Waals surface area (Å²) in [7, 11) is 0. The number of benzene rings is 2. The average Bonchev–Trinajstić information content (AvgIpc) is 2.66. The molecule has 1 heterocycles. The number of pyridine rings is 1. The number of alkyl halides is 3. The number of fused-ring (bicyclic) bond motifs is 1. The topological polar surface area (TPSA) is 79.3 Å². The molecule has 144 valence electrons. The van der Waals surface area contributed by atoms with Gasteiger partial charge in [-0.15, -0.1) is 0 Å². The Hall–Kier alpha value is -3.42. The number of hydrogen-bond acceptors (Lipinski definition) is 3. The van der Waals surface area contributed by atoms with Gasteiger partial charge in [0, 0.05) is 18.0 Å². The molecule has 8 heteroatoms. The summed E-state index contributed by atoms with van der Waals surface area (Å²) in [6.07, 6.45) is -3.10. The van der Waals surface area contributed by atoms with Crippen LogP contribution in [0.25, 0.3) is 10.9 Å². The summed E-state index contributed by atoms with van der Waals surface area (Å²) in [6, 6.07) is 11.3. The molecule has 3 aromatic rings. The lowest BCUT2D eigenvalue weighted by Gasteiger charge is -2.16. The van der Waals surface area contributed by atoms with Gasteiger partial charge in [-0.05, 0) is 29.8 Å². The summed E-state index contributed by atoms with van der Waals surface area (Å²) in [6.45, 7) is 0. The first-order valence-electron chi connectivity index (χ1n) is 8.29. The molecule has 2 aromatic carbocycles. The van der Waals surface area contributed by atoms with E-state index in [1.807, 2.05) is 0 Å². The van der Waals surface area contributed by atoms with Crippen LogP contribution in [0.4, 0.5) is 13.2 Å². The van der Waals surface area contributed by atoms with E-state index in [1.165, 1.54) is 24.4 Å². The Morgan fingerprint density at radius 1 is 1.04 bits per heavy atom. The Labute approximate surface area is 157 Å². The third kappa shape index (κ3) is 4.28. The zero-order chi connectivity index (χ0) is 20.3. The number of rotatable bonds is 5. The molecule has 1 amide bonds. The lowest BCUT2D eigenvalue weighted by molar-refractivity contribution is -0.139. The van der Waals surface area contributed by atoms with Crippen molar-refractivity contribution in [1.82, 2.24) is 10.3 Å². The van der Waals surface area contributed by atoms with Crippen molar-refractivity contribution in [2.24, 2.45) is 0 Å². The van der Waals surface area contributed by atoms with E-state index in [-0.39, 0.29) is 12.0 Å². The number of para-hydroxylation sites is 1. The van der Waals surface area contributed by atoms with Crippen LogP contribution in [-0.4, -0.2) is 28.0 Å². The normalized spacial score (nSPS) is 12.5. The fourth-order valence-electron chi connectivity index (χ4n) is 2.79. The van der Waals surface area contributed by atoms with Crippen molar-refractivity contribution < 1.29 is 27.9 Å². The molecule has 5 nitrogen and oxygen atoms in total. The number of halogens is 3. The van der Waals surface area contributed by atoms with Gasteiger partial charge in [-0.25, -0.2) is 4.79 Å². The molecule has 3 rings (SSSR count). The van der Waals surface area contributed by atoms with E-state index in [0.29, 0.717) is 11.1 Å². The van der Waals surface area contributed by atoms with Crippen molar-refractivity contribution >= 4 is 22.8 Å². The number of carboxylic acids is 1. The van der Waals surface area contributed by atoms with E-state index in [2.05, 4.69) is 10.3 Å². The zero-order valence-corrected chi connectivity index (χ0v) is 14.4.